The summed E-state index contributed by atoms with van der Waals surface area (Å²) in [4.78, 5) is 6.56. The summed E-state index contributed by atoms with van der Waals surface area (Å²) in [7, 11) is 0. The van der Waals surface area contributed by atoms with Crippen molar-refractivity contribution in [3.8, 4) is 0 Å². The first-order chi connectivity index (χ1) is 7.77. The van der Waals surface area contributed by atoms with Crippen LogP contribution < -0.4 is 4.90 Å². The first kappa shape index (κ1) is 12.8. The Morgan fingerprint density at radius 1 is 1.18 bits per heavy atom. The quantitative estimate of drug-likeness (QED) is 0.796. The number of anilines is 1. The van der Waals surface area contributed by atoms with Crippen LogP contribution in [-0.2, 0) is 4.74 Å². The smallest absolute Gasteiger partial charge is 0.0808 e. The van der Waals surface area contributed by atoms with Gasteiger partial charge in [-0.1, -0.05) is 0 Å². The lowest BCUT2D eigenvalue weighted by Crippen LogP contribution is -2.57. The van der Waals surface area contributed by atoms with Gasteiger partial charge in [0.15, 0.2) is 0 Å². The van der Waals surface area contributed by atoms with Crippen LogP contribution in [0, 0.1) is 0 Å². The number of ether oxygens (including phenoxy) is 1. The van der Waals surface area contributed by atoms with E-state index in [0.29, 0.717) is 0 Å². The first-order valence-corrected chi connectivity index (χ1v) is 6.62. The minimum Gasteiger partial charge on any atom is -0.366 e. The topological polar surface area (TPSA) is 25.4 Å². The highest BCUT2D eigenvalue weighted by atomic mass is 79.9. The summed E-state index contributed by atoms with van der Waals surface area (Å²) in [5.74, 6) is 0. The van der Waals surface area contributed by atoms with Crippen molar-refractivity contribution in [2.45, 2.75) is 38.9 Å². The standard InChI is InChI=1S/C13H19BrN2O/c1-12(2)8-16(9-13(3,4)17-12)11-5-10(14)6-15-7-11/h5-7H,8-9H2,1-4H3. The molecule has 0 radical (unpaired) electrons. The third-order valence-corrected chi connectivity index (χ3v) is 3.19. The van der Waals surface area contributed by atoms with E-state index in [9.17, 15) is 0 Å². The van der Waals surface area contributed by atoms with Crippen molar-refractivity contribution >= 4 is 21.6 Å². The van der Waals surface area contributed by atoms with Gasteiger partial charge in [-0.2, -0.15) is 0 Å². The minimum atomic E-state index is -0.135. The highest BCUT2D eigenvalue weighted by molar-refractivity contribution is 9.10. The molecule has 94 valence electrons. The average molecular weight is 299 g/mol. The molecular formula is C13H19BrN2O. The lowest BCUT2D eigenvalue weighted by molar-refractivity contribution is -0.133. The SMILES string of the molecule is CC1(C)CN(c2cncc(Br)c2)CC(C)(C)O1. The maximum atomic E-state index is 6.07. The van der Waals surface area contributed by atoms with Crippen molar-refractivity contribution in [1.29, 1.82) is 0 Å². The van der Waals surface area contributed by atoms with Gasteiger partial charge in [0.05, 0.1) is 23.1 Å². The van der Waals surface area contributed by atoms with Crippen LogP contribution in [0.4, 0.5) is 5.69 Å². The molecule has 0 saturated carbocycles. The molecule has 1 aromatic rings. The van der Waals surface area contributed by atoms with Crippen LogP contribution >= 0.6 is 15.9 Å². The van der Waals surface area contributed by atoms with E-state index in [1.54, 1.807) is 6.20 Å². The molecule has 0 aliphatic carbocycles. The Morgan fingerprint density at radius 3 is 2.29 bits per heavy atom. The zero-order chi connectivity index (χ0) is 12.7. The van der Waals surface area contributed by atoms with Gasteiger partial charge in [-0.25, -0.2) is 0 Å². The average Bonchev–Trinajstić information content (AvgIpc) is 2.12. The van der Waals surface area contributed by atoms with E-state index in [-0.39, 0.29) is 11.2 Å². The Morgan fingerprint density at radius 2 is 1.76 bits per heavy atom. The summed E-state index contributed by atoms with van der Waals surface area (Å²) >= 11 is 3.47. The first-order valence-electron chi connectivity index (χ1n) is 5.83. The number of halogens is 1. The summed E-state index contributed by atoms with van der Waals surface area (Å²) in [6, 6.07) is 2.10. The molecule has 0 spiro atoms. The monoisotopic (exact) mass is 298 g/mol. The van der Waals surface area contributed by atoms with Gasteiger partial charge in [0, 0.05) is 23.8 Å². The molecule has 1 saturated heterocycles. The van der Waals surface area contributed by atoms with E-state index in [1.807, 2.05) is 6.20 Å². The molecule has 1 aliphatic heterocycles. The summed E-state index contributed by atoms with van der Waals surface area (Å²) in [5.41, 5.74) is 0.873. The maximum absolute atomic E-state index is 6.07. The molecule has 0 N–H and O–H groups in total. The van der Waals surface area contributed by atoms with Gasteiger partial charge in [0.25, 0.3) is 0 Å². The molecule has 3 nitrogen and oxygen atoms in total. The largest absolute Gasteiger partial charge is 0.366 e. The number of rotatable bonds is 1. The maximum Gasteiger partial charge on any atom is 0.0808 e. The Kier molecular flexibility index (Phi) is 3.21. The van der Waals surface area contributed by atoms with Gasteiger partial charge < -0.3 is 9.64 Å². The highest BCUT2D eigenvalue weighted by Gasteiger charge is 2.38. The lowest BCUT2D eigenvalue weighted by Gasteiger charge is -2.48. The molecule has 2 rings (SSSR count). The van der Waals surface area contributed by atoms with Gasteiger partial charge in [0.2, 0.25) is 0 Å². The Bertz CT molecular complexity index is 402. The third-order valence-electron chi connectivity index (χ3n) is 2.75. The van der Waals surface area contributed by atoms with Crippen LogP contribution in [0.5, 0.6) is 0 Å². The van der Waals surface area contributed by atoms with Crippen LogP contribution in [0.25, 0.3) is 0 Å². The molecule has 0 aromatic carbocycles. The van der Waals surface area contributed by atoms with E-state index in [4.69, 9.17) is 4.74 Å². The molecule has 0 atom stereocenters. The van der Waals surface area contributed by atoms with E-state index in [2.05, 4.69) is 59.6 Å². The predicted molar refractivity (Wildman–Crippen MR) is 73.4 cm³/mol. The summed E-state index contributed by atoms with van der Waals surface area (Å²) < 4.78 is 7.08. The Hall–Kier alpha value is -0.610. The van der Waals surface area contributed by atoms with Crippen LogP contribution in [0.1, 0.15) is 27.7 Å². The third kappa shape index (κ3) is 3.19. The van der Waals surface area contributed by atoms with Crippen molar-refractivity contribution in [2.24, 2.45) is 0 Å². The second-order valence-corrected chi connectivity index (χ2v) is 6.75. The fourth-order valence-corrected chi connectivity index (χ4v) is 2.90. The fraction of sp³-hybridized carbons (Fsp3) is 0.615. The molecular weight excluding hydrogens is 280 g/mol. The van der Waals surface area contributed by atoms with E-state index in [1.165, 1.54) is 0 Å². The lowest BCUT2D eigenvalue weighted by atomic mass is 9.98. The Balaban J connectivity index is 2.27. The van der Waals surface area contributed by atoms with Gasteiger partial charge in [0.1, 0.15) is 0 Å². The molecule has 2 heterocycles. The van der Waals surface area contributed by atoms with Crippen molar-refractivity contribution in [1.82, 2.24) is 4.98 Å². The zero-order valence-corrected chi connectivity index (χ0v) is 12.4. The molecule has 0 bridgehead atoms. The van der Waals surface area contributed by atoms with Crippen LogP contribution in [0.15, 0.2) is 22.9 Å². The van der Waals surface area contributed by atoms with Gasteiger partial charge in [-0.15, -0.1) is 0 Å². The van der Waals surface area contributed by atoms with E-state index >= 15 is 0 Å². The van der Waals surface area contributed by atoms with Crippen LogP contribution in [0.2, 0.25) is 0 Å². The zero-order valence-electron chi connectivity index (χ0n) is 10.8. The van der Waals surface area contributed by atoms with E-state index < -0.39 is 0 Å². The molecule has 1 aliphatic rings. The second kappa shape index (κ2) is 4.25. The van der Waals surface area contributed by atoms with Gasteiger partial charge in [-0.05, 0) is 49.7 Å². The number of morpholine rings is 1. The summed E-state index contributed by atoms with van der Waals surface area (Å²) in [6.45, 7) is 10.3. The number of hydrogen-bond donors (Lipinski definition) is 0. The summed E-state index contributed by atoms with van der Waals surface area (Å²) in [6.07, 6.45) is 3.71. The van der Waals surface area contributed by atoms with E-state index in [0.717, 1.165) is 23.2 Å². The van der Waals surface area contributed by atoms with Gasteiger partial charge in [-0.3, -0.25) is 4.98 Å². The van der Waals surface area contributed by atoms with Crippen molar-refractivity contribution in [3.05, 3.63) is 22.9 Å². The predicted octanol–water partition coefficient (Wildman–Crippen LogP) is 3.24. The minimum absolute atomic E-state index is 0.135. The Labute approximate surface area is 111 Å². The molecule has 0 unspecified atom stereocenters. The van der Waals surface area contributed by atoms with Crippen molar-refractivity contribution in [3.63, 3.8) is 0 Å². The number of aromatic nitrogens is 1. The van der Waals surface area contributed by atoms with Crippen LogP contribution in [0.3, 0.4) is 0 Å². The van der Waals surface area contributed by atoms with Crippen LogP contribution in [-0.4, -0.2) is 29.3 Å². The van der Waals surface area contributed by atoms with Gasteiger partial charge >= 0.3 is 0 Å². The van der Waals surface area contributed by atoms with Crippen molar-refractivity contribution in [2.75, 3.05) is 18.0 Å². The molecule has 1 aromatic heterocycles. The number of hydrogen-bond acceptors (Lipinski definition) is 3. The second-order valence-electron chi connectivity index (χ2n) is 5.84. The molecule has 4 heteroatoms. The summed E-state index contributed by atoms with van der Waals surface area (Å²) in [5, 5.41) is 0. The number of nitrogens with zero attached hydrogens (tertiary/aromatic N) is 2. The normalized spacial score (nSPS) is 22.5. The fourth-order valence-electron chi connectivity index (χ4n) is 2.54. The molecule has 1 fully saturated rings. The molecule has 17 heavy (non-hydrogen) atoms. The highest BCUT2D eigenvalue weighted by Crippen LogP contribution is 2.31. The van der Waals surface area contributed by atoms with Crippen molar-refractivity contribution < 1.29 is 4.74 Å². The number of pyridine rings is 1. The molecule has 0 amide bonds.